The van der Waals surface area contributed by atoms with Gasteiger partial charge in [-0.3, -0.25) is 4.79 Å². The fourth-order valence-corrected chi connectivity index (χ4v) is 2.05. The maximum absolute atomic E-state index is 11.6. The number of para-hydroxylation sites is 1. The minimum atomic E-state index is -0.150. The van der Waals surface area contributed by atoms with Crippen LogP contribution in [0.1, 0.15) is 6.92 Å². The molecule has 0 spiro atoms. The highest BCUT2D eigenvalue weighted by Crippen LogP contribution is 2.26. The zero-order valence-electron chi connectivity index (χ0n) is 9.94. The minimum Gasteiger partial charge on any atom is -0.370 e. The first-order valence-electron chi connectivity index (χ1n) is 5.57. The van der Waals surface area contributed by atoms with Crippen molar-refractivity contribution < 1.29 is 9.53 Å². The van der Waals surface area contributed by atoms with E-state index in [1.165, 1.54) is 0 Å². The fourth-order valence-electron chi connectivity index (χ4n) is 1.29. The molecule has 17 heavy (non-hydrogen) atoms. The Labute approximate surface area is 106 Å². The number of amides is 1. The molecule has 1 amide bonds. The second-order valence-corrected chi connectivity index (χ2v) is 4.62. The van der Waals surface area contributed by atoms with Crippen molar-refractivity contribution in [3.8, 4) is 0 Å². The van der Waals surface area contributed by atoms with Crippen LogP contribution in [-0.4, -0.2) is 31.4 Å². The standard InChI is InChI=1S/C12H18N2O2S/c1-2-17-11-6-4-3-5-10(11)14-12(15)9-16-8-7-13/h3-6H,2,7-9,13H2,1H3,(H,14,15). The van der Waals surface area contributed by atoms with E-state index >= 15 is 0 Å². The van der Waals surface area contributed by atoms with E-state index in [-0.39, 0.29) is 12.5 Å². The van der Waals surface area contributed by atoms with Crippen LogP contribution in [0, 0.1) is 0 Å². The molecular formula is C12H18N2O2S. The number of anilines is 1. The van der Waals surface area contributed by atoms with Crippen LogP contribution in [0.2, 0.25) is 0 Å². The summed E-state index contributed by atoms with van der Waals surface area (Å²) in [6, 6.07) is 7.73. The average molecular weight is 254 g/mol. The van der Waals surface area contributed by atoms with Crippen LogP contribution >= 0.6 is 11.8 Å². The molecule has 0 heterocycles. The van der Waals surface area contributed by atoms with Gasteiger partial charge in [0.1, 0.15) is 6.61 Å². The zero-order valence-corrected chi connectivity index (χ0v) is 10.8. The Morgan fingerprint density at radius 1 is 1.47 bits per heavy atom. The van der Waals surface area contributed by atoms with Gasteiger partial charge in [-0.1, -0.05) is 19.1 Å². The van der Waals surface area contributed by atoms with Crippen molar-refractivity contribution in [1.29, 1.82) is 0 Å². The molecule has 3 N–H and O–H groups in total. The summed E-state index contributed by atoms with van der Waals surface area (Å²) in [5.74, 6) is 0.818. The van der Waals surface area contributed by atoms with E-state index in [1.54, 1.807) is 11.8 Å². The molecule has 0 atom stereocenters. The summed E-state index contributed by atoms with van der Waals surface area (Å²) in [5, 5.41) is 2.83. The highest BCUT2D eigenvalue weighted by atomic mass is 32.2. The number of nitrogens with one attached hydrogen (secondary N) is 1. The monoisotopic (exact) mass is 254 g/mol. The van der Waals surface area contributed by atoms with Crippen molar-refractivity contribution in [3.63, 3.8) is 0 Å². The topological polar surface area (TPSA) is 64.3 Å². The number of rotatable bonds is 7. The Hall–Kier alpha value is -1.04. The van der Waals surface area contributed by atoms with Crippen LogP contribution < -0.4 is 11.1 Å². The van der Waals surface area contributed by atoms with Gasteiger partial charge in [0.25, 0.3) is 0 Å². The number of carbonyl (C=O) groups excluding carboxylic acids is 1. The van der Waals surface area contributed by atoms with Crippen molar-refractivity contribution in [1.82, 2.24) is 0 Å². The SMILES string of the molecule is CCSc1ccccc1NC(=O)COCCN. The molecule has 0 saturated heterocycles. The van der Waals surface area contributed by atoms with E-state index in [0.717, 1.165) is 16.3 Å². The molecule has 0 aliphatic heterocycles. The van der Waals surface area contributed by atoms with Gasteiger partial charge in [-0.05, 0) is 17.9 Å². The van der Waals surface area contributed by atoms with Crippen molar-refractivity contribution in [2.45, 2.75) is 11.8 Å². The van der Waals surface area contributed by atoms with Crippen LogP contribution in [0.15, 0.2) is 29.2 Å². The molecule has 0 saturated carbocycles. The third-order valence-corrected chi connectivity index (χ3v) is 2.91. The lowest BCUT2D eigenvalue weighted by atomic mass is 10.3. The highest BCUT2D eigenvalue weighted by molar-refractivity contribution is 7.99. The molecule has 94 valence electrons. The normalized spacial score (nSPS) is 10.2. The predicted molar refractivity (Wildman–Crippen MR) is 71.3 cm³/mol. The molecule has 0 aliphatic rings. The van der Waals surface area contributed by atoms with Crippen LogP contribution in [0.25, 0.3) is 0 Å². The summed E-state index contributed by atoms with van der Waals surface area (Å²) < 4.78 is 5.07. The van der Waals surface area contributed by atoms with Gasteiger partial charge in [-0.25, -0.2) is 0 Å². The molecule has 0 fully saturated rings. The lowest BCUT2D eigenvalue weighted by Gasteiger charge is -2.09. The van der Waals surface area contributed by atoms with Gasteiger partial charge in [-0.2, -0.15) is 0 Å². The maximum Gasteiger partial charge on any atom is 0.250 e. The Morgan fingerprint density at radius 2 is 2.24 bits per heavy atom. The summed E-state index contributed by atoms with van der Waals surface area (Å²) in [6.45, 7) is 2.95. The van der Waals surface area contributed by atoms with E-state index in [2.05, 4.69) is 12.2 Å². The van der Waals surface area contributed by atoms with Gasteiger partial charge in [0.05, 0.1) is 12.3 Å². The number of ether oxygens (including phenoxy) is 1. The molecular weight excluding hydrogens is 236 g/mol. The number of hydrogen-bond acceptors (Lipinski definition) is 4. The van der Waals surface area contributed by atoms with Gasteiger partial charge in [-0.15, -0.1) is 11.8 Å². The lowest BCUT2D eigenvalue weighted by Crippen LogP contribution is -2.21. The third-order valence-electron chi connectivity index (χ3n) is 1.96. The van der Waals surface area contributed by atoms with E-state index in [9.17, 15) is 4.79 Å². The molecule has 0 unspecified atom stereocenters. The van der Waals surface area contributed by atoms with E-state index in [0.29, 0.717) is 13.2 Å². The largest absolute Gasteiger partial charge is 0.370 e. The van der Waals surface area contributed by atoms with E-state index in [1.807, 2.05) is 24.3 Å². The summed E-state index contributed by atoms with van der Waals surface area (Å²) >= 11 is 1.70. The molecule has 1 aromatic rings. The molecule has 0 bridgehead atoms. The quantitative estimate of drug-likeness (QED) is 0.574. The van der Waals surface area contributed by atoms with Gasteiger partial charge in [0, 0.05) is 11.4 Å². The first kappa shape index (κ1) is 14.0. The summed E-state index contributed by atoms with van der Waals surface area (Å²) in [5.41, 5.74) is 6.10. The predicted octanol–water partition coefficient (Wildman–Crippen LogP) is 1.71. The summed E-state index contributed by atoms with van der Waals surface area (Å²) in [4.78, 5) is 12.6. The maximum atomic E-state index is 11.6. The molecule has 1 aromatic carbocycles. The average Bonchev–Trinajstić information content (AvgIpc) is 2.32. The van der Waals surface area contributed by atoms with Crippen molar-refractivity contribution in [3.05, 3.63) is 24.3 Å². The Morgan fingerprint density at radius 3 is 2.94 bits per heavy atom. The van der Waals surface area contributed by atoms with Crippen molar-refractivity contribution >= 4 is 23.4 Å². The van der Waals surface area contributed by atoms with Crippen LogP contribution in [-0.2, 0) is 9.53 Å². The van der Waals surface area contributed by atoms with Crippen molar-refractivity contribution in [2.75, 3.05) is 30.8 Å². The van der Waals surface area contributed by atoms with Crippen LogP contribution in [0.4, 0.5) is 5.69 Å². The number of carbonyl (C=O) groups is 1. The summed E-state index contributed by atoms with van der Waals surface area (Å²) in [7, 11) is 0. The van der Waals surface area contributed by atoms with Crippen molar-refractivity contribution in [2.24, 2.45) is 5.73 Å². The number of nitrogens with two attached hydrogens (primary N) is 1. The van der Waals surface area contributed by atoms with Crippen LogP contribution in [0.3, 0.4) is 0 Å². The molecule has 4 nitrogen and oxygen atoms in total. The second kappa shape index (κ2) is 8.11. The third kappa shape index (κ3) is 5.21. The molecule has 0 radical (unpaired) electrons. The Kier molecular flexibility index (Phi) is 6.69. The zero-order chi connectivity index (χ0) is 12.5. The first-order chi connectivity index (χ1) is 8.27. The molecule has 0 aromatic heterocycles. The van der Waals surface area contributed by atoms with Gasteiger partial charge in [0.15, 0.2) is 0 Å². The van der Waals surface area contributed by atoms with Gasteiger partial charge < -0.3 is 15.8 Å². The van der Waals surface area contributed by atoms with Gasteiger partial charge >= 0.3 is 0 Å². The lowest BCUT2D eigenvalue weighted by molar-refractivity contribution is -0.120. The fraction of sp³-hybridized carbons (Fsp3) is 0.417. The molecule has 1 rings (SSSR count). The van der Waals surface area contributed by atoms with E-state index < -0.39 is 0 Å². The smallest absolute Gasteiger partial charge is 0.250 e. The highest BCUT2D eigenvalue weighted by Gasteiger charge is 2.06. The van der Waals surface area contributed by atoms with Gasteiger partial charge in [0.2, 0.25) is 5.91 Å². The molecule has 0 aliphatic carbocycles. The Bertz CT molecular complexity index is 358. The number of thioether (sulfide) groups is 1. The molecule has 5 heteroatoms. The number of benzene rings is 1. The first-order valence-corrected chi connectivity index (χ1v) is 6.56. The minimum absolute atomic E-state index is 0.0440. The van der Waals surface area contributed by atoms with E-state index in [4.69, 9.17) is 10.5 Å². The second-order valence-electron chi connectivity index (χ2n) is 3.32. The number of hydrogen-bond donors (Lipinski definition) is 2. The van der Waals surface area contributed by atoms with Crippen LogP contribution in [0.5, 0.6) is 0 Å². The summed E-state index contributed by atoms with van der Waals surface area (Å²) in [6.07, 6.45) is 0. The Balaban J connectivity index is 2.52.